The fraction of sp³-hybridized carbons (Fsp3) is 0.0714. The molecule has 0 heterocycles. The zero-order valence-corrected chi connectivity index (χ0v) is 8.34. The topological polar surface area (TPSA) is 17.1 Å². The van der Waals surface area contributed by atoms with E-state index in [0.29, 0.717) is 0 Å². The standard InChI is InChI=1S/C14H12O/c15-14-9-5-4-8-13(14)11-10-12-6-2-1-3-7-12/h1-11,13H/b11-10+. The molecule has 15 heavy (non-hydrogen) atoms. The molecule has 1 nitrogen and oxygen atoms in total. The zero-order chi connectivity index (χ0) is 10.5. The van der Waals surface area contributed by atoms with Gasteiger partial charge in [0, 0.05) is 0 Å². The summed E-state index contributed by atoms with van der Waals surface area (Å²) in [6.07, 6.45) is 11.1. The molecule has 0 radical (unpaired) electrons. The predicted molar refractivity (Wildman–Crippen MR) is 62.3 cm³/mol. The smallest absolute Gasteiger partial charge is 0.166 e. The van der Waals surface area contributed by atoms with Crippen LogP contribution in [-0.4, -0.2) is 5.78 Å². The van der Waals surface area contributed by atoms with E-state index in [-0.39, 0.29) is 11.7 Å². The van der Waals surface area contributed by atoms with Gasteiger partial charge in [0.1, 0.15) is 0 Å². The highest BCUT2D eigenvalue weighted by atomic mass is 16.1. The second-order valence-electron chi connectivity index (χ2n) is 3.44. The molecular formula is C14H12O. The van der Waals surface area contributed by atoms with E-state index in [9.17, 15) is 4.79 Å². The Labute approximate surface area is 89.4 Å². The molecule has 1 aliphatic carbocycles. The van der Waals surface area contributed by atoms with E-state index in [4.69, 9.17) is 0 Å². The molecule has 0 saturated heterocycles. The Morgan fingerprint density at radius 1 is 1.07 bits per heavy atom. The van der Waals surface area contributed by atoms with E-state index >= 15 is 0 Å². The van der Waals surface area contributed by atoms with Gasteiger partial charge in [0.05, 0.1) is 5.92 Å². The summed E-state index contributed by atoms with van der Waals surface area (Å²) in [5, 5.41) is 0. The van der Waals surface area contributed by atoms with Gasteiger partial charge in [-0.15, -0.1) is 0 Å². The minimum Gasteiger partial charge on any atom is -0.294 e. The normalized spacial score (nSPS) is 20.0. The van der Waals surface area contributed by atoms with Crippen molar-refractivity contribution in [2.75, 3.05) is 0 Å². The molecular weight excluding hydrogens is 184 g/mol. The maximum absolute atomic E-state index is 11.4. The van der Waals surface area contributed by atoms with Crippen molar-refractivity contribution in [1.29, 1.82) is 0 Å². The Kier molecular flexibility index (Phi) is 2.93. The molecule has 1 atom stereocenters. The third kappa shape index (κ3) is 2.53. The van der Waals surface area contributed by atoms with Crippen LogP contribution >= 0.6 is 0 Å². The summed E-state index contributed by atoms with van der Waals surface area (Å²) in [5.74, 6) is 0.0416. The summed E-state index contributed by atoms with van der Waals surface area (Å²) in [6.45, 7) is 0. The van der Waals surface area contributed by atoms with Gasteiger partial charge in [0.15, 0.2) is 5.78 Å². The lowest BCUT2D eigenvalue weighted by Gasteiger charge is -2.05. The zero-order valence-electron chi connectivity index (χ0n) is 8.34. The number of carbonyl (C=O) groups excluding carboxylic acids is 1. The SMILES string of the molecule is O=C1C=CC=CC1/C=C/c1ccccc1. The highest BCUT2D eigenvalue weighted by Gasteiger charge is 2.10. The Hall–Kier alpha value is -1.89. The number of benzene rings is 1. The summed E-state index contributed by atoms with van der Waals surface area (Å²) in [5.41, 5.74) is 1.12. The van der Waals surface area contributed by atoms with Crippen LogP contribution in [0, 0.1) is 5.92 Å². The van der Waals surface area contributed by atoms with Gasteiger partial charge in [-0.2, -0.15) is 0 Å². The predicted octanol–water partition coefficient (Wildman–Crippen LogP) is 3.01. The van der Waals surface area contributed by atoms with E-state index < -0.39 is 0 Å². The first kappa shape index (κ1) is 9.66. The molecule has 1 aromatic rings. The quantitative estimate of drug-likeness (QED) is 0.710. The molecule has 0 fully saturated rings. The number of ketones is 1. The molecule has 74 valence electrons. The first-order valence-electron chi connectivity index (χ1n) is 4.98. The largest absolute Gasteiger partial charge is 0.294 e. The van der Waals surface area contributed by atoms with Crippen LogP contribution in [0.4, 0.5) is 0 Å². The number of hydrogen-bond donors (Lipinski definition) is 0. The minimum atomic E-state index is -0.102. The fourth-order valence-corrected chi connectivity index (χ4v) is 1.48. The van der Waals surface area contributed by atoms with Gasteiger partial charge in [-0.25, -0.2) is 0 Å². The van der Waals surface area contributed by atoms with Gasteiger partial charge in [0.2, 0.25) is 0 Å². The molecule has 1 aromatic carbocycles. The lowest BCUT2D eigenvalue weighted by Crippen LogP contribution is -2.07. The fourth-order valence-electron chi connectivity index (χ4n) is 1.48. The van der Waals surface area contributed by atoms with E-state index in [1.165, 1.54) is 0 Å². The van der Waals surface area contributed by atoms with Crippen LogP contribution in [0.15, 0.2) is 60.7 Å². The van der Waals surface area contributed by atoms with Crippen molar-refractivity contribution in [3.63, 3.8) is 0 Å². The summed E-state index contributed by atoms with van der Waals surface area (Å²) >= 11 is 0. The van der Waals surface area contributed by atoms with Crippen LogP contribution < -0.4 is 0 Å². The van der Waals surface area contributed by atoms with Crippen LogP contribution in [-0.2, 0) is 4.79 Å². The van der Waals surface area contributed by atoms with Gasteiger partial charge in [0.25, 0.3) is 0 Å². The molecule has 0 saturated carbocycles. The highest BCUT2D eigenvalue weighted by Crippen LogP contribution is 2.11. The van der Waals surface area contributed by atoms with E-state index in [0.717, 1.165) is 5.56 Å². The van der Waals surface area contributed by atoms with Crippen molar-refractivity contribution in [1.82, 2.24) is 0 Å². The first-order valence-corrected chi connectivity index (χ1v) is 4.98. The van der Waals surface area contributed by atoms with Crippen LogP contribution in [0.5, 0.6) is 0 Å². The van der Waals surface area contributed by atoms with Crippen molar-refractivity contribution in [2.24, 2.45) is 5.92 Å². The first-order chi connectivity index (χ1) is 7.36. The van der Waals surface area contributed by atoms with E-state index in [1.807, 2.05) is 54.6 Å². The minimum absolute atomic E-state index is 0.102. The Balaban J connectivity index is 2.09. The van der Waals surface area contributed by atoms with Crippen molar-refractivity contribution in [2.45, 2.75) is 0 Å². The van der Waals surface area contributed by atoms with Crippen molar-refractivity contribution < 1.29 is 4.79 Å². The summed E-state index contributed by atoms with van der Waals surface area (Å²) < 4.78 is 0. The number of carbonyl (C=O) groups is 1. The van der Waals surface area contributed by atoms with Crippen molar-refractivity contribution in [3.05, 3.63) is 66.3 Å². The number of hydrogen-bond acceptors (Lipinski definition) is 1. The third-order valence-corrected chi connectivity index (χ3v) is 2.31. The van der Waals surface area contributed by atoms with Crippen LogP contribution in [0.25, 0.3) is 6.08 Å². The van der Waals surface area contributed by atoms with Crippen LogP contribution in [0.2, 0.25) is 0 Å². The van der Waals surface area contributed by atoms with Gasteiger partial charge in [-0.3, -0.25) is 4.79 Å². The number of rotatable bonds is 2. The van der Waals surface area contributed by atoms with Crippen molar-refractivity contribution in [3.8, 4) is 0 Å². The molecule has 0 aromatic heterocycles. The Morgan fingerprint density at radius 3 is 2.60 bits per heavy atom. The lowest BCUT2D eigenvalue weighted by atomic mass is 9.98. The molecule has 1 aliphatic rings. The van der Waals surface area contributed by atoms with Crippen molar-refractivity contribution >= 4 is 11.9 Å². The molecule has 0 spiro atoms. The molecule has 0 N–H and O–H groups in total. The van der Waals surface area contributed by atoms with Gasteiger partial charge >= 0.3 is 0 Å². The second-order valence-corrected chi connectivity index (χ2v) is 3.44. The average molecular weight is 196 g/mol. The lowest BCUT2D eigenvalue weighted by molar-refractivity contribution is -0.115. The van der Waals surface area contributed by atoms with Gasteiger partial charge < -0.3 is 0 Å². The van der Waals surface area contributed by atoms with Crippen LogP contribution in [0.1, 0.15) is 5.56 Å². The molecule has 0 bridgehead atoms. The average Bonchev–Trinajstić information content (AvgIpc) is 2.29. The second kappa shape index (κ2) is 4.56. The third-order valence-electron chi connectivity index (χ3n) is 2.31. The summed E-state index contributed by atoms with van der Waals surface area (Å²) in [4.78, 5) is 11.4. The molecule has 0 amide bonds. The molecule has 0 aliphatic heterocycles. The Morgan fingerprint density at radius 2 is 1.87 bits per heavy atom. The summed E-state index contributed by atoms with van der Waals surface area (Å²) in [6, 6.07) is 9.98. The van der Waals surface area contributed by atoms with E-state index in [1.54, 1.807) is 12.2 Å². The maximum atomic E-state index is 11.4. The highest BCUT2D eigenvalue weighted by molar-refractivity contribution is 5.96. The molecule has 2 rings (SSSR count). The summed E-state index contributed by atoms with van der Waals surface area (Å²) in [7, 11) is 0. The number of allylic oxidation sites excluding steroid dienone is 5. The van der Waals surface area contributed by atoms with Gasteiger partial charge in [-0.05, 0) is 11.6 Å². The van der Waals surface area contributed by atoms with Gasteiger partial charge in [-0.1, -0.05) is 60.7 Å². The van der Waals surface area contributed by atoms with Crippen LogP contribution in [0.3, 0.4) is 0 Å². The Bertz CT molecular complexity index is 424. The van der Waals surface area contributed by atoms with E-state index in [2.05, 4.69) is 0 Å². The monoisotopic (exact) mass is 196 g/mol. The maximum Gasteiger partial charge on any atom is 0.166 e. The molecule has 1 heteroatoms. The molecule has 1 unspecified atom stereocenters.